The Morgan fingerprint density at radius 3 is 1.61 bits per heavy atom. The van der Waals surface area contributed by atoms with Crippen molar-refractivity contribution in [2.75, 3.05) is 0 Å². The molecule has 2 amide bonds. The third-order valence-corrected chi connectivity index (χ3v) is 3.18. The van der Waals surface area contributed by atoms with Crippen molar-refractivity contribution < 1.29 is 24.9 Å². The molecule has 4 N–H and O–H groups in total. The Bertz CT molecular complexity index is 911. The van der Waals surface area contributed by atoms with Crippen molar-refractivity contribution >= 4 is 29.8 Å². The maximum Gasteiger partial charge on any atom is 0.355 e. The van der Waals surface area contributed by atoms with E-state index in [1.165, 1.54) is 0 Å². The first kappa shape index (κ1) is 19.8. The lowest BCUT2D eigenvalue weighted by Gasteiger charge is -2.01. The molecule has 13 nitrogen and oxygen atoms in total. The molecule has 0 saturated heterocycles. The van der Waals surface area contributed by atoms with Gasteiger partial charge >= 0.3 is 6.03 Å². The minimum absolute atomic E-state index is 0.000446. The van der Waals surface area contributed by atoms with Crippen LogP contribution in [0.3, 0.4) is 0 Å². The minimum Gasteiger partial charge on any atom is -0.507 e. The van der Waals surface area contributed by atoms with Crippen LogP contribution in [-0.2, 0) is 0 Å². The number of hydrazone groups is 2. The number of urea groups is 1. The monoisotopic (exact) mass is 388 g/mol. The zero-order valence-corrected chi connectivity index (χ0v) is 13.8. The number of amides is 2. The van der Waals surface area contributed by atoms with Gasteiger partial charge in [0.25, 0.3) is 11.4 Å². The number of hydrogen-bond donors (Lipinski definition) is 4. The van der Waals surface area contributed by atoms with Crippen molar-refractivity contribution in [3.8, 4) is 11.5 Å². The summed E-state index contributed by atoms with van der Waals surface area (Å²) in [5, 5.41) is 47.6. The smallest absolute Gasteiger partial charge is 0.355 e. The van der Waals surface area contributed by atoms with Crippen LogP contribution < -0.4 is 10.9 Å². The van der Waals surface area contributed by atoms with Gasteiger partial charge in [0, 0.05) is 35.4 Å². The highest BCUT2D eigenvalue weighted by atomic mass is 16.6. The summed E-state index contributed by atoms with van der Waals surface area (Å²) in [6.45, 7) is 0. The number of nitro groups is 2. The predicted octanol–water partition coefficient (Wildman–Crippen LogP) is 1.58. The molecule has 0 fully saturated rings. The topological polar surface area (TPSA) is 193 Å². The molecule has 0 heterocycles. The van der Waals surface area contributed by atoms with Crippen molar-refractivity contribution in [1.82, 2.24) is 10.9 Å². The van der Waals surface area contributed by atoms with E-state index in [0.29, 0.717) is 0 Å². The van der Waals surface area contributed by atoms with Crippen LogP contribution in [0.25, 0.3) is 0 Å². The average molecular weight is 388 g/mol. The number of carbonyl (C=O) groups excluding carboxylic acids is 1. The fourth-order valence-corrected chi connectivity index (χ4v) is 1.86. The molecule has 28 heavy (non-hydrogen) atoms. The Balaban J connectivity index is 1.96. The van der Waals surface area contributed by atoms with Gasteiger partial charge in [-0.2, -0.15) is 10.2 Å². The summed E-state index contributed by atoms with van der Waals surface area (Å²) in [5.74, 6) is -0.563. The van der Waals surface area contributed by atoms with Crippen molar-refractivity contribution in [3.05, 3.63) is 67.8 Å². The molecule has 2 aromatic carbocycles. The standard InChI is InChI=1S/C15H12N6O7/c22-13-3-1-11(20(25)26)5-9(13)7-16-18-15(24)19-17-8-10-6-12(21(27)28)2-4-14(10)23/h1-8,22-23H,(H2,18,19,24)/b16-7+,17-8+. The van der Waals surface area contributed by atoms with Gasteiger partial charge in [0.05, 0.1) is 22.3 Å². The maximum atomic E-state index is 11.6. The summed E-state index contributed by atoms with van der Waals surface area (Å²) in [7, 11) is 0. The van der Waals surface area contributed by atoms with Crippen LogP contribution in [-0.4, -0.2) is 38.5 Å². The number of aromatic hydroxyl groups is 2. The van der Waals surface area contributed by atoms with Gasteiger partial charge in [-0.1, -0.05) is 0 Å². The highest BCUT2D eigenvalue weighted by molar-refractivity contribution is 5.87. The number of nitro benzene ring substituents is 2. The van der Waals surface area contributed by atoms with Gasteiger partial charge in [0.15, 0.2) is 0 Å². The second-order valence-corrected chi connectivity index (χ2v) is 5.07. The molecule has 0 saturated carbocycles. The van der Waals surface area contributed by atoms with Crippen LogP contribution in [0.4, 0.5) is 16.2 Å². The van der Waals surface area contributed by atoms with E-state index < -0.39 is 15.9 Å². The van der Waals surface area contributed by atoms with Crippen LogP contribution in [0.1, 0.15) is 11.1 Å². The van der Waals surface area contributed by atoms with E-state index in [1.54, 1.807) is 0 Å². The summed E-state index contributed by atoms with van der Waals surface area (Å²) < 4.78 is 0. The van der Waals surface area contributed by atoms with Crippen LogP contribution in [0.2, 0.25) is 0 Å². The number of nitrogens with one attached hydrogen (secondary N) is 2. The largest absolute Gasteiger partial charge is 0.507 e. The van der Waals surface area contributed by atoms with E-state index in [9.17, 15) is 35.2 Å². The summed E-state index contributed by atoms with van der Waals surface area (Å²) in [4.78, 5) is 31.6. The van der Waals surface area contributed by atoms with E-state index in [4.69, 9.17) is 0 Å². The van der Waals surface area contributed by atoms with E-state index in [-0.39, 0.29) is 34.0 Å². The van der Waals surface area contributed by atoms with Crippen molar-refractivity contribution in [3.63, 3.8) is 0 Å². The number of non-ortho nitro benzene ring substituents is 2. The zero-order valence-electron chi connectivity index (χ0n) is 13.8. The molecule has 2 aromatic rings. The SMILES string of the molecule is O=C(N/N=C/c1cc([N+](=O)[O-])ccc1O)N/N=C/c1cc([N+](=O)[O-])ccc1O. The molecule has 0 aliphatic heterocycles. The molecule has 0 aliphatic carbocycles. The number of phenols is 2. The first-order chi connectivity index (χ1) is 13.3. The summed E-state index contributed by atoms with van der Waals surface area (Å²) in [6, 6.07) is 5.62. The molecule has 0 atom stereocenters. The molecule has 144 valence electrons. The molecule has 13 heteroatoms. The van der Waals surface area contributed by atoms with Crippen molar-refractivity contribution in [1.29, 1.82) is 0 Å². The quantitative estimate of drug-likeness (QED) is 0.327. The second kappa shape index (κ2) is 8.70. The van der Waals surface area contributed by atoms with Gasteiger partial charge in [-0.15, -0.1) is 0 Å². The minimum atomic E-state index is -0.914. The van der Waals surface area contributed by atoms with Gasteiger partial charge in [0.2, 0.25) is 0 Å². The summed E-state index contributed by atoms with van der Waals surface area (Å²) in [6.07, 6.45) is 1.97. The Morgan fingerprint density at radius 2 is 1.25 bits per heavy atom. The maximum absolute atomic E-state index is 11.6. The molecule has 0 aromatic heterocycles. The first-order valence-electron chi connectivity index (χ1n) is 7.35. The number of benzene rings is 2. The Labute approximate surface area is 155 Å². The number of carbonyl (C=O) groups is 1. The van der Waals surface area contributed by atoms with Gasteiger partial charge in [-0.05, 0) is 12.1 Å². The van der Waals surface area contributed by atoms with Crippen LogP contribution in [0.5, 0.6) is 11.5 Å². The third-order valence-electron chi connectivity index (χ3n) is 3.18. The molecular weight excluding hydrogens is 376 g/mol. The third kappa shape index (κ3) is 5.22. The second-order valence-electron chi connectivity index (χ2n) is 5.07. The number of phenolic OH excluding ortho intramolecular Hbond substituents is 2. The van der Waals surface area contributed by atoms with Crippen LogP contribution >= 0.6 is 0 Å². The molecule has 0 radical (unpaired) electrons. The summed E-state index contributed by atoms with van der Waals surface area (Å²) in [5.41, 5.74) is 3.44. The highest BCUT2D eigenvalue weighted by Crippen LogP contribution is 2.22. The predicted molar refractivity (Wildman–Crippen MR) is 96.4 cm³/mol. The molecule has 2 rings (SSSR count). The Morgan fingerprint density at radius 1 is 0.857 bits per heavy atom. The molecule has 0 bridgehead atoms. The van der Waals surface area contributed by atoms with E-state index in [0.717, 1.165) is 48.8 Å². The van der Waals surface area contributed by atoms with Crippen LogP contribution in [0.15, 0.2) is 46.6 Å². The fourth-order valence-electron chi connectivity index (χ4n) is 1.86. The number of rotatable bonds is 6. The molecular formula is C15H12N6O7. The van der Waals surface area contributed by atoms with E-state index >= 15 is 0 Å². The summed E-state index contributed by atoms with van der Waals surface area (Å²) >= 11 is 0. The lowest BCUT2D eigenvalue weighted by Crippen LogP contribution is -2.28. The first-order valence-corrected chi connectivity index (χ1v) is 7.35. The molecule has 0 spiro atoms. The van der Waals surface area contributed by atoms with Crippen molar-refractivity contribution in [2.45, 2.75) is 0 Å². The van der Waals surface area contributed by atoms with Gasteiger partial charge in [-0.3, -0.25) is 20.2 Å². The average Bonchev–Trinajstić information content (AvgIpc) is 2.64. The van der Waals surface area contributed by atoms with Gasteiger partial charge in [0.1, 0.15) is 11.5 Å². The zero-order chi connectivity index (χ0) is 20.7. The van der Waals surface area contributed by atoms with Crippen molar-refractivity contribution in [2.24, 2.45) is 10.2 Å². The van der Waals surface area contributed by atoms with E-state index in [2.05, 4.69) is 10.2 Å². The normalized spacial score (nSPS) is 10.9. The molecule has 0 aliphatic rings. The molecule has 0 unspecified atom stereocenters. The number of hydrogen-bond acceptors (Lipinski definition) is 9. The number of nitrogens with zero attached hydrogens (tertiary/aromatic N) is 4. The van der Waals surface area contributed by atoms with Gasteiger partial charge < -0.3 is 10.2 Å². The van der Waals surface area contributed by atoms with E-state index in [1.807, 2.05) is 10.9 Å². The lowest BCUT2D eigenvalue weighted by molar-refractivity contribution is -0.385. The fraction of sp³-hybridized carbons (Fsp3) is 0. The Hall–Kier alpha value is -4.55. The van der Waals surface area contributed by atoms with Gasteiger partial charge in [-0.25, -0.2) is 15.6 Å². The highest BCUT2D eigenvalue weighted by Gasteiger charge is 2.10. The lowest BCUT2D eigenvalue weighted by atomic mass is 10.2. The van der Waals surface area contributed by atoms with Crippen LogP contribution in [0, 0.1) is 20.2 Å². The Kier molecular flexibility index (Phi) is 6.15.